The van der Waals surface area contributed by atoms with Crippen molar-refractivity contribution < 1.29 is 14.6 Å². The highest BCUT2D eigenvalue weighted by Gasteiger charge is 2.37. The van der Waals surface area contributed by atoms with Crippen molar-refractivity contribution in [3.05, 3.63) is 12.2 Å². The van der Waals surface area contributed by atoms with Crippen LogP contribution in [0.25, 0.3) is 0 Å². The van der Waals surface area contributed by atoms with Crippen molar-refractivity contribution >= 4 is 5.97 Å². The number of nitrogens with one attached hydrogen (secondary N) is 1. The molecule has 1 fully saturated rings. The Labute approximate surface area is 89.3 Å². The first-order valence-corrected chi connectivity index (χ1v) is 5.45. The summed E-state index contributed by atoms with van der Waals surface area (Å²) >= 11 is 0. The van der Waals surface area contributed by atoms with E-state index < -0.39 is 5.97 Å². The third-order valence-electron chi connectivity index (χ3n) is 3.15. The van der Waals surface area contributed by atoms with Gasteiger partial charge in [-0.3, -0.25) is 4.79 Å². The van der Waals surface area contributed by atoms with Crippen LogP contribution in [0, 0.1) is 0 Å². The minimum atomic E-state index is -0.715. The van der Waals surface area contributed by atoms with Crippen molar-refractivity contribution in [3.8, 4) is 0 Å². The summed E-state index contributed by atoms with van der Waals surface area (Å²) in [5.74, 6) is -0.715. The van der Waals surface area contributed by atoms with Crippen molar-refractivity contribution in [1.29, 1.82) is 0 Å². The van der Waals surface area contributed by atoms with E-state index in [0.29, 0.717) is 25.7 Å². The highest BCUT2D eigenvalue weighted by molar-refractivity contribution is 5.66. The van der Waals surface area contributed by atoms with Gasteiger partial charge in [0.15, 0.2) is 0 Å². The lowest BCUT2D eigenvalue weighted by atomic mass is 9.97. The zero-order valence-corrected chi connectivity index (χ0v) is 8.74. The quantitative estimate of drug-likeness (QED) is 0.682. The smallest absolute Gasteiger partial charge is 0.303 e. The van der Waals surface area contributed by atoms with Crippen LogP contribution in [0.15, 0.2) is 12.2 Å². The summed E-state index contributed by atoms with van der Waals surface area (Å²) in [4.78, 5) is 10.5. The molecule has 1 saturated heterocycles. The molecule has 0 radical (unpaired) electrons. The molecule has 0 aliphatic carbocycles. The Morgan fingerprint density at radius 2 is 2.53 bits per heavy atom. The van der Waals surface area contributed by atoms with Crippen LogP contribution in [0.5, 0.6) is 0 Å². The third-order valence-corrected chi connectivity index (χ3v) is 3.15. The van der Waals surface area contributed by atoms with Crippen molar-refractivity contribution in [3.63, 3.8) is 0 Å². The largest absolute Gasteiger partial charge is 0.481 e. The molecule has 0 amide bonds. The van der Waals surface area contributed by atoms with Gasteiger partial charge in [0.1, 0.15) is 0 Å². The average Bonchev–Trinajstić information content (AvgIpc) is 2.60. The van der Waals surface area contributed by atoms with E-state index in [0.717, 1.165) is 12.8 Å². The number of hydrogen-bond donors (Lipinski definition) is 2. The average molecular weight is 211 g/mol. The van der Waals surface area contributed by atoms with Gasteiger partial charge in [0, 0.05) is 12.5 Å². The zero-order valence-electron chi connectivity index (χ0n) is 8.74. The van der Waals surface area contributed by atoms with Crippen molar-refractivity contribution in [2.45, 2.75) is 37.3 Å². The molecular formula is C11H17NO3. The van der Waals surface area contributed by atoms with E-state index in [-0.39, 0.29) is 12.0 Å². The van der Waals surface area contributed by atoms with Gasteiger partial charge in [-0.25, -0.2) is 0 Å². The molecule has 0 aromatic rings. The lowest BCUT2D eigenvalue weighted by molar-refractivity contribution is -0.137. The number of hydrogen-bond acceptors (Lipinski definition) is 3. The topological polar surface area (TPSA) is 58.6 Å². The fraction of sp³-hybridized carbons (Fsp3) is 0.727. The predicted molar refractivity (Wildman–Crippen MR) is 55.7 cm³/mol. The Kier molecular flexibility index (Phi) is 3.07. The van der Waals surface area contributed by atoms with Crippen LogP contribution in [0.3, 0.4) is 0 Å². The highest BCUT2D eigenvalue weighted by atomic mass is 16.5. The van der Waals surface area contributed by atoms with Gasteiger partial charge in [0.05, 0.1) is 18.8 Å². The van der Waals surface area contributed by atoms with Gasteiger partial charge in [0.2, 0.25) is 0 Å². The minimum absolute atomic E-state index is 0.0125. The molecule has 2 heterocycles. The van der Waals surface area contributed by atoms with Crippen molar-refractivity contribution in [1.82, 2.24) is 5.32 Å². The van der Waals surface area contributed by atoms with E-state index in [9.17, 15) is 4.79 Å². The lowest BCUT2D eigenvalue weighted by Crippen LogP contribution is -2.47. The van der Waals surface area contributed by atoms with E-state index in [2.05, 4.69) is 11.4 Å². The predicted octanol–water partition coefficient (Wildman–Crippen LogP) is 0.928. The van der Waals surface area contributed by atoms with Gasteiger partial charge < -0.3 is 15.2 Å². The van der Waals surface area contributed by atoms with E-state index in [1.807, 2.05) is 6.08 Å². The summed E-state index contributed by atoms with van der Waals surface area (Å²) in [6.45, 7) is 1.41. The van der Waals surface area contributed by atoms with Gasteiger partial charge in [0.25, 0.3) is 0 Å². The van der Waals surface area contributed by atoms with Crippen molar-refractivity contribution in [2.75, 3.05) is 13.2 Å². The molecule has 1 spiro atoms. The fourth-order valence-electron chi connectivity index (χ4n) is 2.37. The van der Waals surface area contributed by atoms with Gasteiger partial charge in [-0.2, -0.15) is 0 Å². The van der Waals surface area contributed by atoms with E-state index in [1.165, 1.54) is 0 Å². The van der Waals surface area contributed by atoms with Crippen LogP contribution in [0.1, 0.15) is 25.7 Å². The van der Waals surface area contributed by atoms with Crippen LogP contribution >= 0.6 is 0 Å². The first-order valence-electron chi connectivity index (χ1n) is 5.45. The van der Waals surface area contributed by atoms with Crippen LogP contribution < -0.4 is 5.32 Å². The van der Waals surface area contributed by atoms with Gasteiger partial charge in [-0.1, -0.05) is 12.2 Å². The molecule has 0 saturated carbocycles. The van der Waals surface area contributed by atoms with E-state index >= 15 is 0 Å². The summed E-state index contributed by atoms with van der Waals surface area (Å²) in [6.07, 6.45) is 7.27. The Bertz CT molecular complexity index is 277. The first-order chi connectivity index (χ1) is 7.20. The molecule has 2 aliphatic heterocycles. The number of carboxylic acid groups (broad SMARTS) is 1. The van der Waals surface area contributed by atoms with E-state index in [1.54, 1.807) is 0 Å². The highest BCUT2D eigenvalue weighted by Crippen LogP contribution is 2.29. The zero-order chi connectivity index (χ0) is 10.7. The van der Waals surface area contributed by atoms with Crippen LogP contribution in [0.2, 0.25) is 0 Å². The monoisotopic (exact) mass is 211 g/mol. The third kappa shape index (κ3) is 2.58. The summed E-state index contributed by atoms with van der Waals surface area (Å²) in [5, 5.41) is 12.1. The molecule has 0 aromatic carbocycles. The van der Waals surface area contributed by atoms with Crippen LogP contribution in [-0.4, -0.2) is 35.9 Å². The Balaban J connectivity index is 1.85. The second-order valence-electron chi connectivity index (χ2n) is 4.39. The minimum Gasteiger partial charge on any atom is -0.481 e. The number of rotatable bonds is 3. The number of carbonyl (C=O) groups is 1. The molecule has 4 nitrogen and oxygen atoms in total. The van der Waals surface area contributed by atoms with Gasteiger partial charge in [-0.15, -0.1) is 0 Å². The maximum atomic E-state index is 10.5. The summed E-state index contributed by atoms with van der Waals surface area (Å²) in [6, 6.07) is 0.326. The number of ether oxygens (including phenoxy) is 1. The lowest BCUT2D eigenvalue weighted by Gasteiger charge is -2.29. The first kappa shape index (κ1) is 10.6. The molecule has 0 bridgehead atoms. The SMILES string of the molecule is O=C(O)CC[C@H]1CC[C@@]2(C=CCOC2)N1. The second kappa shape index (κ2) is 4.33. The molecule has 0 unspecified atom stereocenters. The molecule has 2 N–H and O–H groups in total. The molecule has 2 rings (SSSR count). The molecule has 4 heteroatoms. The van der Waals surface area contributed by atoms with Crippen LogP contribution in [0.4, 0.5) is 0 Å². The molecule has 15 heavy (non-hydrogen) atoms. The number of carboxylic acids is 1. The molecule has 84 valence electrons. The molecule has 2 aliphatic rings. The Hall–Kier alpha value is -0.870. The van der Waals surface area contributed by atoms with Crippen molar-refractivity contribution in [2.24, 2.45) is 0 Å². The normalized spacial score (nSPS) is 34.8. The fourth-order valence-corrected chi connectivity index (χ4v) is 2.37. The molecular weight excluding hydrogens is 194 g/mol. The van der Waals surface area contributed by atoms with E-state index in [4.69, 9.17) is 9.84 Å². The maximum Gasteiger partial charge on any atom is 0.303 e. The summed E-state index contributed by atoms with van der Waals surface area (Å²) in [5.41, 5.74) is -0.0125. The number of aliphatic carboxylic acids is 1. The Morgan fingerprint density at radius 1 is 1.67 bits per heavy atom. The van der Waals surface area contributed by atoms with Gasteiger partial charge >= 0.3 is 5.97 Å². The summed E-state index contributed by atoms with van der Waals surface area (Å²) < 4.78 is 5.42. The Morgan fingerprint density at radius 3 is 3.20 bits per heavy atom. The molecule has 0 aromatic heterocycles. The standard InChI is InChI=1S/C11H17NO3/c13-10(14)3-2-9-4-6-11(12-9)5-1-7-15-8-11/h1,5,9,12H,2-4,6-8H2,(H,13,14)/t9-,11+/m0/s1. The molecule has 2 atom stereocenters. The second-order valence-corrected chi connectivity index (χ2v) is 4.39. The van der Waals surface area contributed by atoms with Gasteiger partial charge in [-0.05, 0) is 19.3 Å². The maximum absolute atomic E-state index is 10.5. The summed E-state index contributed by atoms with van der Waals surface area (Å²) in [7, 11) is 0. The van der Waals surface area contributed by atoms with Crippen LogP contribution in [-0.2, 0) is 9.53 Å².